The Bertz CT molecular complexity index is 1080. The van der Waals surface area contributed by atoms with Gasteiger partial charge >= 0.3 is 0 Å². The number of anilines is 1. The van der Waals surface area contributed by atoms with Crippen LogP contribution in [0.3, 0.4) is 0 Å². The van der Waals surface area contributed by atoms with Crippen LogP contribution < -0.4 is 4.72 Å². The highest BCUT2D eigenvalue weighted by Crippen LogP contribution is 2.28. The fourth-order valence-electron chi connectivity index (χ4n) is 3.09. The van der Waals surface area contributed by atoms with Crippen LogP contribution in [0.5, 0.6) is 0 Å². The highest BCUT2D eigenvalue weighted by atomic mass is 35.5. The number of benzene rings is 2. The molecule has 27 heavy (non-hydrogen) atoms. The molecule has 0 aliphatic rings. The van der Waals surface area contributed by atoms with Crippen molar-refractivity contribution in [1.82, 2.24) is 9.78 Å². The minimum absolute atomic E-state index is 0.332. The molecule has 142 valence electrons. The van der Waals surface area contributed by atoms with Gasteiger partial charge in [0.25, 0.3) is 10.0 Å². The monoisotopic (exact) mass is 403 g/mol. The molecular formula is C20H22ClN3O2S. The number of rotatable bonds is 5. The lowest BCUT2D eigenvalue weighted by Crippen LogP contribution is -2.16. The molecule has 0 saturated heterocycles. The molecule has 0 unspecified atom stereocenters. The Morgan fingerprint density at radius 1 is 1.07 bits per heavy atom. The average molecular weight is 404 g/mol. The van der Waals surface area contributed by atoms with Crippen molar-refractivity contribution in [3.8, 4) is 0 Å². The summed E-state index contributed by atoms with van der Waals surface area (Å²) < 4.78 is 30.3. The number of aryl methyl sites for hydroxylation is 2. The topological polar surface area (TPSA) is 64.0 Å². The van der Waals surface area contributed by atoms with Crippen LogP contribution in [-0.4, -0.2) is 18.2 Å². The van der Waals surface area contributed by atoms with Gasteiger partial charge in [0.1, 0.15) is 0 Å². The van der Waals surface area contributed by atoms with E-state index in [1.165, 1.54) is 6.20 Å². The van der Waals surface area contributed by atoms with Gasteiger partial charge in [0.15, 0.2) is 0 Å². The Kier molecular flexibility index (Phi) is 5.31. The minimum Gasteiger partial charge on any atom is -0.276 e. The van der Waals surface area contributed by atoms with Crippen molar-refractivity contribution in [3.05, 3.63) is 75.6 Å². The summed E-state index contributed by atoms with van der Waals surface area (Å²) in [5.41, 5.74) is 4.75. The molecule has 0 fully saturated rings. The number of nitrogens with zero attached hydrogens (tertiary/aromatic N) is 2. The lowest BCUT2D eigenvalue weighted by molar-refractivity contribution is 0.599. The maximum Gasteiger partial charge on any atom is 0.262 e. The number of halogens is 1. The van der Waals surface area contributed by atoms with Crippen LogP contribution >= 0.6 is 11.6 Å². The third-order valence-electron chi connectivity index (χ3n) is 4.74. The van der Waals surface area contributed by atoms with Gasteiger partial charge in [-0.15, -0.1) is 0 Å². The van der Waals surface area contributed by atoms with Crippen molar-refractivity contribution >= 4 is 27.3 Å². The molecule has 3 rings (SSSR count). The molecule has 0 bridgehead atoms. The molecule has 2 aromatic carbocycles. The second kappa shape index (κ2) is 7.37. The first-order valence-corrected chi connectivity index (χ1v) is 10.4. The summed E-state index contributed by atoms with van der Waals surface area (Å²) in [4.78, 5) is 0.332. The highest BCUT2D eigenvalue weighted by Gasteiger charge is 2.22. The van der Waals surface area contributed by atoms with Crippen LogP contribution in [0.15, 0.2) is 47.6 Å². The number of hydrogen-bond donors (Lipinski definition) is 1. The molecule has 3 aromatic rings. The van der Waals surface area contributed by atoms with Crippen molar-refractivity contribution < 1.29 is 8.42 Å². The molecule has 0 spiro atoms. The fourth-order valence-corrected chi connectivity index (χ4v) is 4.94. The van der Waals surface area contributed by atoms with E-state index in [0.29, 0.717) is 22.2 Å². The molecule has 0 atom stereocenters. The summed E-state index contributed by atoms with van der Waals surface area (Å²) in [6.07, 6.45) is 3.16. The van der Waals surface area contributed by atoms with Gasteiger partial charge in [-0.3, -0.25) is 9.40 Å². The molecule has 5 nitrogen and oxygen atoms in total. The maximum atomic E-state index is 13.0. The van der Waals surface area contributed by atoms with Crippen molar-refractivity contribution in [2.75, 3.05) is 4.72 Å². The highest BCUT2D eigenvalue weighted by molar-refractivity contribution is 7.92. The standard InChI is InChI=1S/C20H22ClN3O2S/c1-13-9-14(2)16(4)20(15(13)3)27(25,26)23-18-10-22-24(12-18)11-17-7-5-6-8-19(17)21/h5-10,12,23H,11H2,1-4H3. The maximum absolute atomic E-state index is 13.0. The second-order valence-electron chi connectivity index (χ2n) is 6.71. The SMILES string of the molecule is Cc1cc(C)c(C)c(S(=O)(=O)Nc2cnn(Cc3ccccc3Cl)c2)c1C. The number of hydrogen-bond acceptors (Lipinski definition) is 3. The van der Waals surface area contributed by atoms with E-state index in [-0.39, 0.29) is 0 Å². The third kappa shape index (κ3) is 4.01. The van der Waals surface area contributed by atoms with Gasteiger partial charge in [0.05, 0.1) is 23.3 Å². The minimum atomic E-state index is -3.72. The molecule has 1 heterocycles. The smallest absolute Gasteiger partial charge is 0.262 e. The summed E-state index contributed by atoms with van der Waals surface area (Å²) >= 11 is 6.18. The first-order chi connectivity index (χ1) is 12.7. The van der Waals surface area contributed by atoms with E-state index >= 15 is 0 Å². The second-order valence-corrected chi connectivity index (χ2v) is 8.74. The summed E-state index contributed by atoms with van der Waals surface area (Å²) in [6.45, 7) is 7.96. The van der Waals surface area contributed by atoms with E-state index in [1.807, 2.05) is 58.0 Å². The van der Waals surface area contributed by atoms with Crippen molar-refractivity contribution in [3.63, 3.8) is 0 Å². The predicted octanol–water partition coefficient (Wildman–Crippen LogP) is 4.62. The van der Waals surface area contributed by atoms with E-state index in [2.05, 4.69) is 9.82 Å². The van der Waals surface area contributed by atoms with Gasteiger partial charge in [-0.1, -0.05) is 35.9 Å². The van der Waals surface area contributed by atoms with Crippen LogP contribution in [0, 0.1) is 27.7 Å². The summed E-state index contributed by atoms with van der Waals surface area (Å²) in [7, 11) is -3.72. The van der Waals surface area contributed by atoms with Gasteiger partial charge in [-0.05, 0) is 61.6 Å². The zero-order chi connectivity index (χ0) is 19.8. The van der Waals surface area contributed by atoms with Crippen molar-refractivity contribution in [2.45, 2.75) is 39.1 Å². The number of sulfonamides is 1. The summed E-state index contributed by atoms with van der Waals surface area (Å²) in [5, 5.41) is 4.89. The predicted molar refractivity (Wildman–Crippen MR) is 109 cm³/mol. The molecular weight excluding hydrogens is 382 g/mol. The van der Waals surface area contributed by atoms with Gasteiger partial charge in [0.2, 0.25) is 0 Å². The molecule has 0 aliphatic heterocycles. The number of nitrogens with one attached hydrogen (secondary N) is 1. The third-order valence-corrected chi connectivity index (χ3v) is 6.76. The Hall–Kier alpha value is -2.31. The average Bonchev–Trinajstić information content (AvgIpc) is 3.01. The Morgan fingerprint density at radius 2 is 1.70 bits per heavy atom. The molecule has 7 heteroatoms. The van der Waals surface area contributed by atoms with E-state index < -0.39 is 10.0 Å². The van der Waals surface area contributed by atoms with Gasteiger partial charge in [0, 0.05) is 11.2 Å². The quantitative estimate of drug-likeness (QED) is 0.676. The van der Waals surface area contributed by atoms with Gasteiger partial charge in [-0.25, -0.2) is 8.42 Å². The molecule has 1 aromatic heterocycles. The summed E-state index contributed by atoms with van der Waals surface area (Å²) in [5.74, 6) is 0. The zero-order valence-corrected chi connectivity index (χ0v) is 17.3. The first-order valence-electron chi connectivity index (χ1n) is 8.55. The zero-order valence-electron chi connectivity index (χ0n) is 15.7. The molecule has 1 N–H and O–H groups in total. The molecule has 0 aliphatic carbocycles. The van der Waals surface area contributed by atoms with E-state index in [9.17, 15) is 8.42 Å². The van der Waals surface area contributed by atoms with E-state index in [1.54, 1.807) is 10.9 Å². The fraction of sp³-hybridized carbons (Fsp3) is 0.250. The lowest BCUT2D eigenvalue weighted by Gasteiger charge is -2.16. The molecule has 0 amide bonds. The van der Waals surface area contributed by atoms with Gasteiger partial charge in [-0.2, -0.15) is 5.10 Å². The van der Waals surface area contributed by atoms with Crippen LogP contribution in [0.25, 0.3) is 0 Å². The van der Waals surface area contributed by atoms with Crippen LogP contribution in [0.2, 0.25) is 5.02 Å². The Labute approximate surface area is 165 Å². The normalized spacial score (nSPS) is 11.6. The molecule has 0 saturated carbocycles. The van der Waals surface area contributed by atoms with Crippen molar-refractivity contribution in [2.24, 2.45) is 0 Å². The van der Waals surface area contributed by atoms with E-state index in [4.69, 9.17) is 11.6 Å². The van der Waals surface area contributed by atoms with Crippen LogP contribution in [0.4, 0.5) is 5.69 Å². The van der Waals surface area contributed by atoms with E-state index in [0.717, 1.165) is 27.8 Å². The summed E-state index contributed by atoms with van der Waals surface area (Å²) in [6, 6.07) is 9.50. The lowest BCUT2D eigenvalue weighted by atomic mass is 10.0. The Balaban J connectivity index is 1.88. The Morgan fingerprint density at radius 3 is 2.33 bits per heavy atom. The van der Waals surface area contributed by atoms with Gasteiger partial charge < -0.3 is 0 Å². The number of aromatic nitrogens is 2. The van der Waals surface area contributed by atoms with Crippen LogP contribution in [0.1, 0.15) is 27.8 Å². The molecule has 0 radical (unpaired) electrons. The van der Waals surface area contributed by atoms with Crippen LogP contribution in [-0.2, 0) is 16.6 Å². The first kappa shape index (κ1) is 19.5. The van der Waals surface area contributed by atoms with Crippen molar-refractivity contribution in [1.29, 1.82) is 0 Å². The largest absolute Gasteiger partial charge is 0.276 e.